The van der Waals surface area contributed by atoms with Crippen molar-refractivity contribution in [2.45, 2.75) is 0 Å². The molecule has 7 heteroatoms. The minimum atomic E-state index is -0.434. The number of carbonyl (C=O) groups excluding carboxylic acids is 2. The van der Waals surface area contributed by atoms with Crippen molar-refractivity contribution >= 4 is 33.5 Å². The van der Waals surface area contributed by atoms with Gasteiger partial charge in [-0.2, -0.15) is 0 Å². The number of aromatic nitrogens is 1. The third-order valence-corrected chi connectivity index (χ3v) is 3.30. The lowest BCUT2D eigenvalue weighted by Crippen LogP contribution is -2.13. The smallest absolute Gasteiger partial charge is 0.338 e. The third kappa shape index (κ3) is 5.15. The Morgan fingerprint density at radius 3 is 2.52 bits per heavy atom. The van der Waals surface area contributed by atoms with Crippen molar-refractivity contribution in [2.75, 3.05) is 25.6 Å². The van der Waals surface area contributed by atoms with Crippen molar-refractivity contribution in [2.24, 2.45) is 0 Å². The molecule has 1 aromatic heterocycles. The van der Waals surface area contributed by atoms with Crippen LogP contribution in [0.4, 0.5) is 5.69 Å². The fourth-order valence-electron chi connectivity index (χ4n) is 1.73. The molecule has 0 atom stereocenters. The summed E-state index contributed by atoms with van der Waals surface area (Å²) in [5, 5.41) is 2.73. The minimum Gasteiger partial charge on any atom is -0.460 e. The number of rotatable bonds is 6. The first-order valence-corrected chi connectivity index (χ1v) is 7.57. The maximum Gasteiger partial charge on any atom is 0.338 e. The first-order valence-electron chi connectivity index (χ1n) is 6.78. The van der Waals surface area contributed by atoms with E-state index in [9.17, 15) is 9.59 Å². The predicted octanol–water partition coefficient (Wildman–Crippen LogP) is 2.90. The van der Waals surface area contributed by atoms with E-state index in [4.69, 9.17) is 9.47 Å². The molecule has 0 aliphatic rings. The summed E-state index contributed by atoms with van der Waals surface area (Å²) in [7, 11) is 1.53. The van der Waals surface area contributed by atoms with Gasteiger partial charge < -0.3 is 14.8 Å². The summed E-state index contributed by atoms with van der Waals surface area (Å²) < 4.78 is 10.5. The van der Waals surface area contributed by atoms with Gasteiger partial charge in [0.25, 0.3) is 5.91 Å². The maximum absolute atomic E-state index is 12.1. The second-order valence-electron chi connectivity index (χ2n) is 4.55. The van der Waals surface area contributed by atoms with E-state index in [1.165, 1.54) is 13.3 Å². The Morgan fingerprint density at radius 2 is 1.87 bits per heavy atom. The molecule has 0 radical (unpaired) electrons. The number of esters is 1. The van der Waals surface area contributed by atoms with E-state index in [-0.39, 0.29) is 12.5 Å². The first-order chi connectivity index (χ1) is 11.1. The van der Waals surface area contributed by atoms with Crippen LogP contribution in [-0.2, 0) is 9.47 Å². The van der Waals surface area contributed by atoms with Gasteiger partial charge >= 0.3 is 5.97 Å². The molecule has 0 saturated carbocycles. The number of nitrogens with one attached hydrogen (secondary N) is 1. The van der Waals surface area contributed by atoms with Gasteiger partial charge in [-0.1, -0.05) is 0 Å². The zero-order chi connectivity index (χ0) is 16.7. The highest BCUT2D eigenvalue weighted by molar-refractivity contribution is 9.10. The topological polar surface area (TPSA) is 77.5 Å². The van der Waals surface area contributed by atoms with Gasteiger partial charge in [0.2, 0.25) is 0 Å². The monoisotopic (exact) mass is 378 g/mol. The molecule has 0 spiro atoms. The van der Waals surface area contributed by atoms with Crippen molar-refractivity contribution in [3.63, 3.8) is 0 Å². The van der Waals surface area contributed by atoms with Crippen LogP contribution in [0.15, 0.2) is 47.2 Å². The molecule has 23 heavy (non-hydrogen) atoms. The normalized spacial score (nSPS) is 10.2. The van der Waals surface area contributed by atoms with E-state index in [2.05, 4.69) is 26.2 Å². The summed E-state index contributed by atoms with van der Waals surface area (Å²) >= 11 is 3.26. The van der Waals surface area contributed by atoms with Gasteiger partial charge in [-0.05, 0) is 46.3 Å². The van der Waals surface area contributed by atoms with Crippen LogP contribution in [0.2, 0.25) is 0 Å². The Morgan fingerprint density at radius 1 is 1.13 bits per heavy atom. The van der Waals surface area contributed by atoms with Crippen LogP contribution in [0.1, 0.15) is 20.7 Å². The van der Waals surface area contributed by atoms with Gasteiger partial charge in [-0.15, -0.1) is 0 Å². The summed E-state index contributed by atoms with van der Waals surface area (Å²) in [6, 6.07) is 8.12. The maximum atomic E-state index is 12.1. The van der Waals surface area contributed by atoms with E-state index in [1.807, 2.05) is 0 Å². The second kappa shape index (κ2) is 8.40. The summed E-state index contributed by atoms with van der Waals surface area (Å²) in [4.78, 5) is 27.8. The summed E-state index contributed by atoms with van der Waals surface area (Å²) in [5.74, 6) is -0.717. The zero-order valence-corrected chi connectivity index (χ0v) is 14.0. The first kappa shape index (κ1) is 17.1. The van der Waals surface area contributed by atoms with Crippen LogP contribution in [-0.4, -0.2) is 37.2 Å². The number of hydrogen-bond acceptors (Lipinski definition) is 5. The quantitative estimate of drug-likeness (QED) is 0.617. The number of amides is 1. The number of nitrogens with zero attached hydrogens (tertiary/aromatic N) is 1. The molecule has 1 amide bonds. The molecule has 1 N–H and O–H groups in total. The molecule has 2 rings (SSSR count). The fraction of sp³-hybridized carbons (Fsp3) is 0.188. The lowest BCUT2D eigenvalue weighted by Gasteiger charge is -2.07. The van der Waals surface area contributed by atoms with Gasteiger partial charge in [0.05, 0.1) is 17.7 Å². The van der Waals surface area contributed by atoms with E-state index in [0.29, 0.717) is 23.4 Å². The molecule has 120 valence electrons. The largest absolute Gasteiger partial charge is 0.460 e. The number of ether oxygens (including phenoxy) is 2. The Hall–Kier alpha value is -2.25. The third-order valence-electron chi connectivity index (χ3n) is 2.87. The SMILES string of the molecule is COCCOC(=O)c1ccc(NC(=O)c2cncc(Br)c2)cc1. The van der Waals surface area contributed by atoms with E-state index < -0.39 is 5.97 Å². The molecule has 0 saturated heterocycles. The Kier molecular flexibility index (Phi) is 6.25. The van der Waals surface area contributed by atoms with Gasteiger partial charge in [0.1, 0.15) is 6.61 Å². The molecule has 1 aromatic carbocycles. The lowest BCUT2D eigenvalue weighted by atomic mass is 10.2. The highest BCUT2D eigenvalue weighted by Crippen LogP contribution is 2.14. The Balaban J connectivity index is 1.97. The van der Waals surface area contributed by atoms with Crippen LogP contribution in [0.25, 0.3) is 0 Å². The van der Waals surface area contributed by atoms with Crippen molar-refractivity contribution in [1.82, 2.24) is 4.98 Å². The summed E-state index contributed by atoms with van der Waals surface area (Å²) in [6.07, 6.45) is 3.07. The number of pyridine rings is 1. The molecule has 0 fully saturated rings. The van der Waals surface area contributed by atoms with Gasteiger partial charge in [-0.25, -0.2) is 4.79 Å². The standard InChI is InChI=1S/C16H15BrN2O4/c1-22-6-7-23-16(21)11-2-4-14(5-3-11)19-15(20)12-8-13(17)10-18-9-12/h2-5,8-10H,6-7H2,1H3,(H,19,20). The summed E-state index contributed by atoms with van der Waals surface area (Å²) in [5.41, 5.74) is 1.41. The highest BCUT2D eigenvalue weighted by atomic mass is 79.9. The number of methoxy groups -OCH3 is 1. The number of hydrogen-bond donors (Lipinski definition) is 1. The van der Waals surface area contributed by atoms with Crippen molar-refractivity contribution in [3.05, 3.63) is 58.3 Å². The van der Waals surface area contributed by atoms with Gasteiger partial charge in [0.15, 0.2) is 0 Å². The average Bonchev–Trinajstić information content (AvgIpc) is 2.55. The molecule has 6 nitrogen and oxygen atoms in total. The van der Waals surface area contributed by atoms with Crippen LogP contribution in [0, 0.1) is 0 Å². The zero-order valence-electron chi connectivity index (χ0n) is 12.4. The van der Waals surface area contributed by atoms with Crippen molar-refractivity contribution in [3.8, 4) is 0 Å². The fourth-order valence-corrected chi connectivity index (χ4v) is 2.09. The number of halogens is 1. The van der Waals surface area contributed by atoms with Crippen LogP contribution >= 0.6 is 15.9 Å². The van der Waals surface area contributed by atoms with Crippen molar-refractivity contribution in [1.29, 1.82) is 0 Å². The van der Waals surface area contributed by atoms with Crippen LogP contribution in [0.5, 0.6) is 0 Å². The summed E-state index contributed by atoms with van der Waals surface area (Å²) in [6.45, 7) is 0.546. The predicted molar refractivity (Wildman–Crippen MR) is 88.5 cm³/mol. The molecule has 0 unspecified atom stereocenters. The molecular weight excluding hydrogens is 364 g/mol. The number of carbonyl (C=O) groups is 2. The van der Waals surface area contributed by atoms with Crippen molar-refractivity contribution < 1.29 is 19.1 Å². The van der Waals surface area contributed by atoms with Gasteiger partial charge in [0, 0.05) is 29.7 Å². The minimum absolute atomic E-state index is 0.198. The van der Waals surface area contributed by atoms with Gasteiger partial charge in [-0.3, -0.25) is 9.78 Å². The molecule has 1 heterocycles. The molecule has 0 aliphatic heterocycles. The highest BCUT2D eigenvalue weighted by Gasteiger charge is 2.09. The molecule has 0 bridgehead atoms. The van der Waals surface area contributed by atoms with E-state index in [0.717, 1.165) is 4.47 Å². The molecule has 2 aromatic rings. The van der Waals surface area contributed by atoms with Crippen LogP contribution < -0.4 is 5.32 Å². The number of anilines is 1. The molecule has 0 aliphatic carbocycles. The second-order valence-corrected chi connectivity index (χ2v) is 5.47. The Labute approximate surface area is 142 Å². The average molecular weight is 379 g/mol. The Bertz CT molecular complexity index is 689. The van der Waals surface area contributed by atoms with E-state index >= 15 is 0 Å². The molecular formula is C16H15BrN2O4. The van der Waals surface area contributed by atoms with Crippen LogP contribution in [0.3, 0.4) is 0 Å². The lowest BCUT2D eigenvalue weighted by molar-refractivity contribution is 0.0388. The van der Waals surface area contributed by atoms with E-state index in [1.54, 1.807) is 36.5 Å². The number of benzene rings is 1.